The SMILES string of the molecule is COC(=O)CC(C1=C(O)C2(Oc3c(Cl)c(OC)cc(OC)c3C2=O)C(C)CC1=O)c1ccc(O)c(OC)c1. The average Bonchev–Trinajstić information content (AvgIpc) is 3.22. The van der Waals surface area contributed by atoms with Crippen molar-refractivity contribution < 1.29 is 48.3 Å². The molecule has 3 unspecified atom stereocenters. The van der Waals surface area contributed by atoms with Crippen LogP contribution in [0, 0.1) is 5.92 Å². The van der Waals surface area contributed by atoms with E-state index >= 15 is 0 Å². The van der Waals surface area contributed by atoms with Crippen LogP contribution in [-0.4, -0.2) is 61.8 Å². The minimum absolute atomic E-state index is 0.00113. The molecule has 0 saturated heterocycles. The third-order valence-electron chi connectivity index (χ3n) is 7.06. The van der Waals surface area contributed by atoms with E-state index in [0.717, 1.165) is 0 Å². The Kier molecular flexibility index (Phi) is 7.20. The molecule has 0 saturated carbocycles. The van der Waals surface area contributed by atoms with Crippen LogP contribution in [-0.2, 0) is 14.3 Å². The number of aliphatic hydroxyl groups excluding tert-OH is 1. The standard InChI is InChI=1S/C27H27ClO10/c1-12-8-16(30)21(14(10-20(31)37-5)13-6-7-15(29)17(9-13)34-2)25(32)27(12)26(33)22-18(35-3)11-19(36-4)23(28)24(22)38-27/h6-7,9,11-12,14,29,32H,8,10H2,1-5H3. The van der Waals surface area contributed by atoms with Crippen molar-refractivity contribution in [2.75, 3.05) is 28.4 Å². The molecule has 2 aromatic carbocycles. The monoisotopic (exact) mass is 546 g/mol. The number of hydrogen-bond donors (Lipinski definition) is 2. The molecule has 1 spiro atoms. The maximum Gasteiger partial charge on any atom is 0.306 e. The summed E-state index contributed by atoms with van der Waals surface area (Å²) in [5, 5.41) is 21.8. The van der Waals surface area contributed by atoms with E-state index in [1.54, 1.807) is 6.92 Å². The molecule has 0 fully saturated rings. The molecule has 202 valence electrons. The first-order valence-corrected chi connectivity index (χ1v) is 12.0. The van der Waals surface area contributed by atoms with Crippen molar-refractivity contribution in [3.05, 3.63) is 51.7 Å². The molecule has 11 heteroatoms. The number of rotatable bonds is 7. The molecule has 0 radical (unpaired) electrons. The molecular formula is C27H27ClO10. The van der Waals surface area contributed by atoms with Gasteiger partial charge in [0.25, 0.3) is 0 Å². The molecule has 4 rings (SSSR count). The van der Waals surface area contributed by atoms with Crippen molar-refractivity contribution >= 4 is 29.1 Å². The van der Waals surface area contributed by atoms with Crippen LogP contribution in [0.25, 0.3) is 0 Å². The van der Waals surface area contributed by atoms with Gasteiger partial charge in [-0.2, -0.15) is 0 Å². The number of methoxy groups -OCH3 is 4. The summed E-state index contributed by atoms with van der Waals surface area (Å²) in [5.74, 6) is -4.10. The lowest BCUT2D eigenvalue weighted by atomic mass is 9.69. The number of ketones is 2. The minimum atomic E-state index is -2.01. The van der Waals surface area contributed by atoms with E-state index in [9.17, 15) is 24.6 Å². The Hall–Kier alpha value is -3.92. The topological polar surface area (TPSA) is 138 Å². The van der Waals surface area contributed by atoms with Crippen LogP contribution in [0.5, 0.6) is 28.7 Å². The number of hydrogen-bond acceptors (Lipinski definition) is 10. The van der Waals surface area contributed by atoms with Crippen LogP contribution in [0.4, 0.5) is 0 Å². The number of ether oxygens (including phenoxy) is 5. The molecule has 38 heavy (non-hydrogen) atoms. The van der Waals surface area contributed by atoms with Crippen LogP contribution in [0.1, 0.15) is 41.6 Å². The quantitative estimate of drug-likeness (QED) is 0.487. The molecule has 10 nitrogen and oxygen atoms in total. The van der Waals surface area contributed by atoms with Crippen molar-refractivity contribution in [1.29, 1.82) is 0 Å². The summed E-state index contributed by atoms with van der Waals surface area (Å²) in [6.45, 7) is 1.60. The number of Topliss-reactive ketones (excluding diaryl/α,β-unsaturated/α-hetero) is 2. The zero-order valence-corrected chi connectivity index (χ0v) is 22.2. The third-order valence-corrected chi connectivity index (χ3v) is 7.42. The van der Waals surface area contributed by atoms with Crippen molar-refractivity contribution in [3.63, 3.8) is 0 Å². The van der Waals surface area contributed by atoms with Gasteiger partial charge in [0.05, 0.1) is 34.9 Å². The summed E-state index contributed by atoms with van der Waals surface area (Å²) < 4.78 is 26.9. The van der Waals surface area contributed by atoms with E-state index in [2.05, 4.69) is 0 Å². The van der Waals surface area contributed by atoms with Gasteiger partial charge in [-0.3, -0.25) is 14.4 Å². The highest BCUT2D eigenvalue weighted by molar-refractivity contribution is 6.35. The number of benzene rings is 2. The van der Waals surface area contributed by atoms with Gasteiger partial charge in [0.1, 0.15) is 22.1 Å². The van der Waals surface area contributed by atoms with Crippen molar-refractivity contribution in [2.45, 2.75) is 31.3 Å². The maximum absolute atomic E-state index is 14.0. The molecule has 2 N–H and O–H groups in total. The van der Waals surface area contributed by atoms with Crippen molar-refractivity contribution in [2.24, 2.45) is 5.92 Å². The van der Waals surface area contributed by atoms with Crippen LogP contribution in [0.3, 0.4) is 0 Å². The second-order valence-electron chi connectivity index (χ2n) is 9.02. The van der Waals surface area contributed by atoms with E-state index in [1.165, 1.54) is 52.7 Å². The summed E-state index contributed by atoms with van der Waals surface area (Å²) in [6.07, 6.45) is -0.526. The van der Waals surface area contributed by atoms with Gasteiger partial charge in [0, 0.05) is 29.9 Å². The smallest absolute Gasteiger partial charge is 0.306 e. The lowest BCUT2D eigenvalue weighted by Crippen LogP contribution is -2.53. The Morgan fingerprint density at radius 1 is 1.08 bits per heavy atom. The van der Waals surface area contributed by atoms with E-state index in [0.29, 0.717) is 5.56 Å². The lowest BCUT2D eigenvalue weighted by molar-refractivity contribution is -0.140. The second kappa shape index (κ2) is 10.1. The summed E-state index contributed by atoms with van der Waals surface area (Å²) in [6, 6.07) is 5.70. The number of carbonyl (C=O) groups excluding carboxylic acids is 3. The Morgan fingerprint density at radius 3 is 2.34 bits per heavy atom. The number of aliphatic hydroxyl groups is 1. The number of fused-ring (bicyclic) bond motifs is 1. The number of allylic oxidation sites excluding steroid dienone is 1. The fourth-order valence-electron chi connectivity index (χ4n) is 5.09. The normalized spacial score (nSPS) is 21.2. The highest BCUT2D eigenvalue weighted by atomic mass is 35.5. The van der Waals surface area contributed by atoms with Gasteiger partial charge in [-0.05, 0) is 17.7 Å². The molecule has 3 atom stereocenters. The zero-order chi connectivity index (χ0) is 27.9. The van der Waals surface area contributed by atoms with Crippen LogP contribution >= 0.6 is 11.6 Å². The van der Waals surface area contributed by atoms with E-state index in [4.69, 9.17) is 35.3 Å². The lowest BCUT2D eigenvalue weighted by Gasteiger charge is -2.38. The van der Waals surface area contributed by atoms with Crippen LogP contribution in [0.2, 0.25) is 5.02 Å². The van der Waals surface area contributed by atoms with Gasteiger partial charge in [-0.1, -0.05) is 24.6 Å². The average molecular weight is 547 g/mol. The van der Waals surface area contributed by atoms with Gasteiger partial charge >= 0.3 is 5.97 Å². The fourth-order valence-corrected chi connectivity index (χ4v) is 5.35. The van der Waals surface area contributed by atoms with Crippen molar-refractivity contribution in [1.82, 2.24) is 0 Å². The van der Waals surface area contributed by atoms with Gasteiger partial charge in [-0.25, -0.2) is 0 Å². The van der Waals surface area contributed by atoms with E-state index in [1.807, 2.05) is 0 Å². The number of halogens is 1. The van der Waals surface area contributed by atoms with Gasteiger partial charge in [0.15, 0.2) is 28.8 Å². The Balaban J connectivity index is 1.96. The first kappa shape index (κ1) is 27.1. The number of esters is 1. The summed E-state index contributed by atoms with van der Waals surface area (Å²) in [4.78, 5) is 39.9. The molecule has 1 heterocycles. The molecule has 2 aromatic rings. The number of phenolic OH excluding ortho intramolecular Hbond substituents is 1. The number of aromatic hydroxyl groups is 1. The van der Waals surface area contributed by atoms with Crippen LogP contribution in [0.15, 0.2) is 35.6 Å². The molecule has 0 aromatic heterocycles. The Bertz CT molecular complexity index is 1360. The number of carbonyl (C=O) groups is 3. The number of phenols is 1. The van der Waals surface area contributed by atoms with Gasteiger partial charge < -0.3 is 33.9 Å². The second-order valence-corrected chi connectivity index (χ2v) is 9.40. The van der Waals surface area contributed by atoms with Crippen molar-refractivity contribution in [3.8, 4) is 28.7 Å². The molecule has 1 aliphatic carbocycles. The maximum atomic E-state index is 14.0. The summed E-state index contributed by atoms with van der Waals surface area (Å²) in [7, 11) is 5.29. The van der Waals surface area contributed by atoms with E-state index in [-0.39, 0.29) is 57.7 Å². The van der Waals surface area contributed by atoms with E-state index < -0.39 is 40.7 Å². The first-order chi connectivity index (χ1) is 18.0. The highest BCUT2D eigenvalue weighted by Gasteiger charge is 2.61. The van der Waals surface area contributed by atoms with Crippen LogP contribution < -0.4 is 18.9 Å². The molecule has 0 amide bonds. The Morgan fingerprint density at radius 2 is 1.74 bits per heavy atom. The molecule has 2 aliphatic rings. The molecule has 1 aliphatic heterocycles. The fraction of sp³-hybridized carbons (Fsp3) is 0.370. The zero-order valence-electron chi connectivity index (χ0n) is 21.4. The largest absolute Gasteiger partial charge is 0.507 e. The first-order valence-electron chi connectivity index (χ1n) is 11.6. The van der Waals surface area contributed by atoms with Gasteiger partial charge in [-0.15, -0.1) is 0 Å². The highest BCUT2D eigenvalue weighted by Crippen LogP contribution is 2.56. The summed E-state index contributed by atoms with van der Waals surface area (Å²) in [5.41, 5.74) is -1.83. The molecule has 0 bridgehead atoms. The van der Waals surface area contributed by atoms with Gasteiger partial charge in [0.2, 0.25) is 11.4 Å². The predicted octanol–water partition coefficient (Wildman–Crippen LogP) is 4.15. The predicted molar refractivity (Wildman–Crippen MR) is 135 cm³/mol. The third kappa shape index (κ3) is 3.99. The Labute approximate surface area is 223 Å². The summed E-state index contributed by atoms with van der Waals surface area (Å²) >= 11 is 6.48. The minimum Gasteiger partial charge on any atom is -0.507 e. The molecular weight excluding hydrogens is 520 g/mol.